The largest absolute Gasteiger partial charge is 0.435 e. The zero-order valence-electron chi connectivity index (χ0n) is 12.0. The maximum absolute atomic E-state index is 12.7. The molecular formula is C13H14ClF3N6. The average Bonchev–Trinajstić information content (AvgIpc) is 3.00. The third-order valence-electron chi connectivity index (χ3n) is 3.77. The van der Waals surface area contributed by atoms with Gasteiger partial charge in [0.25, 0.3) is 0 Å². The van der Waals surface area contributed by atoms with Gasteiger partial charge in [0.15, 0.2) is 11.5 Å². The van der Waals surface area contributed by atoms with Crippen LogP contribution in [0.15, 0.2) is 18.6 Å². The molecule has 0 bridgehead atoms. The molecule has 0 spiro atoms. The first-order valence-electron chi connectivity index (χ1n) is 6.99. The molecule has 124 valence electrons. The summed E-state index contributed by atoms with van der Waals surface area (Å²) in [6, 6.07) is 0.793. The Balaban J connectivity index is 1.81. The van der Waals surface area contributed by atoms with Crippen molar-refractivity contribution in [2.75, 3.05) is 23.7 Å². The minimum atomic E-state index is -4.44. The van der Waals surface area contributed by atoms with E-state index in [1.807, 2.05) is 4.90 Å². The molecule has 2 aromatic heterocycles. The number of hydrogen-bond donors (Lipinski definition) is 1. The molecule has 0 unspecified atom stereocenters. The molecule has 6 nitrogen and oxygen atoms in total. The normalized spacial score (nSPS) is 19.1. The third kappa shape index (κ3) is 3.19. The molecule has 1 saturated heterocycles. The molecule has 3 heterocycles. The van der Waals surface area contributed by atoms with Gasteiger partial charge in [-0.05, 0) is 18.9 Å². The summed E-state index contributed by atoms with van der Waals surface area (Å²) in [5.74, 6) is 0.671. The lowest BCUT2D eigenvalue weighted by atomic mass is 10.1. The molecule has 3 rings (SSSR count). The van der Waals surface area contributed by atoms with Crippen molar-refractivity contribution in [1.82, 2.24) is 19.7 Å². The minimum absolute atomic E-state index is 0.178. The summed E-state index contributed by atoms with van der Waals surface area (Å²) in [4.78, 5) is 9.83. The predicted octanol–water partition coefficient (Wildman–Crippen LogP) is 2.77. The van der Waals surface area contributed by atoms with Crippen LogP contribution in [0.2, 0.25) is 5.02 Å². The first-order valence-corrected chi connectivity index (χ1v) is 7.37. The van der Waals surface area contributed by atoms with E-state index in [-0.39, 0.29) is 16.9 Å². The Kier molecular flexibility index (Phi) is 4.05. The van der Waals surface area contributed by atoms with Gasteiger partial charge in [-0.2, -0.15) is 18.3 Å². The van der Waals surface area contributed by atoms with Crippen LogP contribution in [-0.2, 0) is 6.18 Å². The molecule has 1 aliphatic heterocycles. The lowest BCUT2D eigenvalue weighted by molar-refractivity contribution is -0.141. The lowest BCUT2D eigenvalue weighted by Gasteiger charge is -2.34. The van der Waals surface area contributed by atoms with Crippen LogP contribution in [-0.4, -0.2) is 32.8 Å². The van der Waals surface area contributed by atoms with Crippen molar-refractivity contribution in [3.05, 3.63) is 29.3 Å². The van der Waals surface area contributed by atoms with E-state index in [1.54, 1.807) is 0 Å². The van der Waals surface area contributed by atoms with Gasteiger partial charge in [0.1, 0.15) is 17.2 Å². The summed E-state index contributed by atoms with van der Waals surface area (Å²) >= 11 is 6.12. The maximum Gasteiger partial charge on any atom is 0.435 e. The number of alkyl halides is 3. The number of halogens is 4. The van der Waals surface area contributed by atoms with E-state index in [2.05, 4.69) is 15.1 Å². The van der Waals surface area contributed by atoms with Gasteiger partial charge in [-0.15, -0.1) is 0 Å². The maximum atomic E-state index is 12.7. The van der Waals surface area contributed by atoms with Crippen molar-refractivity contribution in [2.24, 2.45) is 0 Å². The summed E-state index contributed by atoms with van der Waals surface area (Å²) in [6.45, 7) is 1.15. The number of aromatic nitrogens is 4. The SMILES string of the molecule is Nc1ncnc(N2CCC[C@H](n3ccc(C(F)(F)F)n3)C2)c1Cl. The second kappa shape index (κ2) is 5.88. The molecule has 23 heavy (non-hydrogen) atoms. The first kappa shape index (κ1) is 15.9. The number of hydrogen-bond acceptors (Lipinski definition) is 5. The van der Waals surface area contributed by atoms with Crippen LogP contribution in [0.4, 0.5) is 24.8 Å². The highest BCUT2D eigenvalue weighted by Gasteiger charge is 2.34. The topological polar surface area (TPSA) is 72.9 Å². The smallest absolute Gasteiger partial charge is 0.382 e. The monoisotopic (exact) mass is 346 g/mol. The van der Waals surface area contributed by atoms with Crippen LogP contribution >= 0.6 is 11.6 Å². The zero-order valence-corrected chi connectivity index (χ0v) is 12.7. The highest BCUT2D eigenvalue weighted by molar-refractivity contribution is 6.35. The van der Waals surface area contributed by atoms with Crippen LogP contribution in [0.5, 0.6) is 0 Å². The van der Waals surface area contributed by atoms with Crippen LogP contribution in [0.3, 0.4) is 0 Å². The molecule has 0 aliphatic carbocycles. The number of piperidine rings is 1. The van der Waals surface area contributed by atoms with Gasteiger partial charge in [-0.25, -0.2) is 9.97 Å². The van der Waals surface area contributed by atoms with Crippen LogP contribution < -0.4 is 10.6 Å². The van der Waals surface area contributed by atoms with Gasteiger partial charge in [0, 0.05) is 19.3 Å². The summed E-state index contributed by atoms with van der Waals surface area (Å²) in [6.07, 6.45) is -0.257. The van der Waals surface area contributed by atoms with Gasteiger partial charge >= 0.3 is 6.18 Å². The van der Waals surface area contributed by atoms with Crippen molar-refractivity contribution in [3.8, 4) is 0 Å². The Labute approximate surface area is 135 Å². The first-order chi connectivity index (χ1) is 10.9. The highest BCUT2D eigenvalue weighted by Crippen LogP contribution is 2.33. The Hall–Kier alpha value is -2.03. The van der Waals surface area contributed by atoms with Crippen LogP contribution in [0.1, 0.15) is 24.6 Å². The molecule has 1 fully saturated rings. The summed E-state index contributed by atoms with van der Waals surface area (Å²) in [5.41, 5.74) is 4.78. The molecule has 1 atom stereocenters. The summed E-state index contributed by atoms with van der Waals surface area (Å²) in [5, 5.41) is 3.90. The highest BCUT2D eigenvalue weighted by atomic mass is 35.5. The standard InChI is InChI=1S/C13H14ClF3N6/c14-10-11(18)19-7-20-12(10)22-4-1-2-8(6-22)23-5-3-9(21-23)13(15,16)17/h3,5,7-8H,1-2,4,6H2,(H2,18,19,20)/t8-/m0/s1. The van der Waals surface area contributed by atoms with Gasteiger partial charge in [0.05, 0.1) is 6.04 Å². The quantitative estimate of drug-likeness (QED) is 0.905. The van der Waals surface area contributed by atoms with Gasteiger partial charge in [-0.3, -0.25) is 4.68 Å². The molecule has 0 saturated carbocycles. The van der Waals surface area contributed by atoms with E-state index in [0.717, 1.165) is 18.9 Å². The van der Waals surface area contributed by atoms with E-state index in [0.29, 0.717) is 18.9 Å². The number of nitrogens with two attached hydrogens (primary N) is 1. The molecule has 2 N–H and O–H groups in total. The molecular weight excluding hydrogens is 333 g/mol. The second-order valence-corrected chi connectivity index (χ2v) is 5.70. The molecule has 10 heteroatoms. The van der Waals surface area contributed by atoms with Gasteiger partial charge in [-0.1, -0.05) is 11.6 Å². The van der Waals surface area contributed by atoms with Crippen LogP contribution in [0.25, 0.3) is 0 Å². The second-order valence-electron chi connectivity index (χ2n) is 5.32. The molecule has 2 aromatic rings. The van der Waals surface area contributed by atoms with Crippen molar-refractivity contribution >= 4 is 23.2 Å². The van der Waals surface area contributed by atoms with E-state index >= 15 is 0 Å². The Morgan fingerprint density at radius 2 is 2.09 bits per heavy atom. The van der Waals surface area contributed by atoms with Crippen molar-refractivity contribution < 1.29 is 13.2 Å². The number of anilines is 2. The molecule has 0 aromatic carbocycles. The van der Waals surface area contributed by atoms with Crippen molar-refractivity contribution in [3.63, 3.8) is 0 Å². The predicted molar refractivity (Wildman–Crippen MR) is 79.2 cm³/mol. The fourth-order valence-electron chi connectivity index (χ4n) is 2.65. The van der Waals surface area contributed by atoms with Gasteiger partial charge < -0.3 is 10.6 Å². The van der Waals surface area contributed by atoms with Crippen molar-refractivity contribution in [1.29, 1.82) is 0 Å². The molecule has 0 radical (unpaired) electrons. The number of rotatable bonds is 2. The van der Waals surface area contributed by atoms with Crippen LogP contribution in [0, 0.1) is 0 Å². The lowest BCUT2D eigenvalue weighted by Crippen LogP contribution is -2.37. The van der Waals surface area contributed by atoms with Crippen molar-refractivity contribution in [2.45, 2.75) is 25.1 Å². The van der Waals surface area contributed by atoms with E-state index < -0.39 is 11.9 Å². The van der Waals surface area contributed by atoms with E-state index in [4.69, 9.17) is 17.3 Å². The summed E-state index contributed by atoms with van der Waals surface area (Å²) < 4.78 is 39.4. The van der Waals surface area contributed by atoms with Gasteiger partial charge in [0.2, 0.25) is 0 Å². The average molecular weight is 347 g/mol. The fraction of sp³-hybridized carbons (Fsp3) is 0.462. The summed E-state index contributed by atoms with van der Waals surface area (Å²) in [7, 11) is 0. The minimum Gasteiger partial charge on any atom is -0.382 e. The number of nitrogen functional groups attached to an aromatic ring is 1. The fourth-order valence-corrected chi connectivity index (χ4v) is 2.87. The molecule has 1 aliphatic rings. The third-order valence-corrected chi connectivity index (χ3v) is 4.13. The van der Waals surface area contributed by atoms with E-state index in [9.17, 15) is 13.2 Å². The Morgan fingerprint density at radius 1 is 1.30 bits per heavy atom. The zero-order chi connectivity index (χ0) is 16.6. The Morgan fingerprint density at radius 3 is 2.78 bits per heavy atom. The van der Waals surface area contributed by atoms with E-state index in [1.165, 1.54) is 17.2 Å². The molecule has 0 amide bonds. The Bertz CT molecular complexity index is 701. The number of nitrogens with zero attached hydrogens (tertiary/aromatic N) is 5.